The van der Waals surface area contributed by atoms with Crippen LogP contribution in [0.4, 0.5) is 0 Å². The van der Waals surface area contributed by atoms with E-state index in [1.165, 1.54) is 43.6 Å². The Hall–Kier alpha value is -4.18. The molecule has 48 heavy (non-hydrogen) atoms. The molecule has 2 bridgehead atoms. The van der Waals surface area contributed by atoms with Gasteiger partial charge in [0.1, 0.15) is 11.5 Å². The van der Waals surface area contributed by atoms with Crippen LogP contribution in [-0.4, -0.2) is 82.8 Å². The molecular formula is C39H46N4O5. The van der Waals surface area contributed by atoms with Crippen LogP contribution >= 0.6 is 0 Å². The number of H-pyrrole nitrogens is 1. The van der Waals surface area contributed by atoms with Crippen molar-refractivity contribution in [1.29, 1.82) is 0 Å². The van der Waals surface area contributed by atoms with Gasteiger partial charge in [0, 0.05) is 48.6 Å². The van der Waals surface area contributed by atoms with E-state index in [2.05, 4.69) is 50.4 Å². The highest BCUT2D eigenvalue weighted by Gasteiger charge is 2.51. The Morgan fingerprint density at radius 1 is 0.958 bits per heavy atom. The van der Waals surface area contributed by atoms with Gasteiger partial charge in [-0.1, -0.05) is 42.5 Å². The van der Waals surface area contributed by atoms with Crippen LogP contribution in [-0.2, 0) is 0 Å². The normalized spacial score (nSPS) is 23.9. The van der Waals surface area contributed by atoms with Crippen LogP contribution < -0.4 is 15.6 Å². The van der Waals surface area contributed by atoms with E-state index in [0.717, 1.165) is 44.6 Å². The van der Waals surface area contributed by atoms with E-state index < -0.39 is 6.10 Å². The number of amides is 1. The summed E-state index contributed by atoms with van der Waals surface area (Å²) in [6.45, 7) is 5.93. The summed E-state index contributed by atoms with van der Waals surface area (Å²) in [5, 5.41) is 24.8. The molecule has 4 aliphatic heterocycles. The number of hydrogen-bond donors (Lipinski definition) is 4. The Morgan fingerprint density at radius 2 is 1.79 bits per heavy atom. The first kappa shape index (κ1) is 32.4. The summed E-state index contributed by atoms with van der Waals surface area (Å²) in [5.41, 5.74) is 2.72. The van der Waals surface area contributed by atoms with Gasteiger partial charge in [0.25, 0.3) is 5.91 Å². The molecule has 3 aromatic carbocycles. The maximum atomic E-state index is 13.9. The summed E-state index contributed by atoms with van der Waals surface area (Å²) >= 11 is 0. The lowest BCUT2D eigenvalue weighted by Gasteiger charge is -2.57. The van der Waals surface area contributed by atoms with Crippen molar-refractivity contribution in [2.45, 2.75) is 50.2 Å². The van der Waals surface area contributed by atoms with E-state index in [9.17, 15) is 19.8 Å². The van der Waals surface area contributed by atoms with Crippen molar-refractivity contribution in [1.82, 2.24) is 20.1 Å². The topological polar surface area (TPSA) is 118 Å². The van der Waals surface area contributed by atoms with E-state index in [1.807, 2.05) is 24.3 Å². The summed E-state index contributed by atoms with van der Waals surface area (Å²) < 4.78 is 6.08. The molecule has 0 aliphatic carbocycles. The quantitative estimate of drug-likeness (QED) is 0.150. The second-order valence-corrected chi connectivity index (χ2v) is 13.7. The van der Waals surface area contributed by atoms with Gasteiger partial charge in [-0.05, 0) is 105 Å². The van der Waals surface area contributed by atoms with Gasteiger partial charge < -0.3 is 35.1 Å². The Kier molecular flexibility index (Phi) is 9.79. The average molecular weight is 651 g/mol. The molecule has 1 aromatic heterocycles. The number of carbonyl (C=O) groups excluding carboxylic acids is 1. The van der Waals surface area contributed by atoms with Crippen LogP contribution in [0.25, 0.3) is 10.9 Å². The minimum atomic E-state index is -0.774. The highest BCUT2D eigenvalue weighted by atomic mass is 16.5. The van der Waals surface area contributed by atoms with Gasteiger partial charge in [0.15, 0.2) is 0 Å². The number of likely N-dealkylation sites (tertiary alicyclic amines) is 1. The summed E-state index contributed by atoms with van der Waals surface area (Å²) in [7, 11) is 0. The van der Waals surface area contributed by atoms with Gasteiger partial charge in [-0.2, -0.15) is 0 Å². The third-order valence-corrected chi connectivity index (χ3v) is 10.8. The molecule has 252 valence electrons. The molecule has 9 nitrogen and oxygen atoms in total. The maximum Gasteiger partial charge on any atom is 0.254 e. The number of pyridine rings is 1. The third-order valence-electron chi connectivity index (χ3n) is 10.8. The molecule has 9 heteroatoms. The number of carbonyl (C=O) groups is 1. The zero-order valence-corrected chi connectivity index (χ0v) is 27.4. The minimum Gasteiger partial charge on any atom is -0.506 e. The first-order valence-corrected chi connectivity index (χ1v) is 17.5. The van der Waals surface area contributed by atoms with Crippen LogP contribution in [0.2, 0.25) is 0 Å². The predicted octanol–water partition coefficient (Wildman–Crippen LogP) is 5.06. The van der Waals surface area contributed by atoms with Crippen LogP contribution in [0, 0.1) is 11.8 Å². The Balaban J connectivity index is 0.874. The van der Waals surface area contributed by atoms with Gasteiger partial charge in [0.05, 0.1) is 18.2 Å². The van der Waals surface area contributed by atoms with E-state index in [4.69, 9.17) is 4.74 Å². The third kappa shape index (κ3) is 6.86. The van der Waals surface area contributed by atoms with Gasteiger partial charge in [-0.25, -0.2) is 0 Å². The van der Waals surface area contributed by atoms with Gasteiger partial charge in [-0.3, -0.25) is 9.59 Å². The lowest BCUT2D eigenvalue weighted by molar-refractivity contribution is -0.0468. The molecule has 1 amide bonds. The summed E-state index contributed by atoms with van der Waals surface area (Å²) in [5.74, 6) is 2.42. The smallest absolute Gasteiger partial charge is 0.254 e. The number of benzene rings is 3. The molecular weight excluding hydrogens is 604 g/mol. The SMILES string of the molecule is O=C(c1cccc(OCCCCCNCC(O)c2ccc(O)c3[nH]c(=O)ccc23)c1)N1CC(c2ccccc2)C1C1CN2CCC1CC2. The molecule has 8 rings (SSSR count). The zero-order valence-electron chi connectivity index (χ0n) is 27.4. The number of nitrogens with one attached hydrogen (secondary N) is 2. The average Bonchev–Trinajstić information content (AvgIpc) is 3.10. The summed E-state index contributed by atoms with van der Waals surface area (Å²) in [6.07, 6.45) is 4.48. The maximum absolute atomic E-state index is 13.9. The number of aromatic hydroxyl groups is 1. The minimum absolute atomic E-state index is 0.0198. The second kappa shape index (κ2) is 14.5. The fraction of sp³-hybridized carbons (Fsp3) is 0.436. The number of hydrogen-bond acceptors (Lipinski definition) is 7. The van der Waals surface area contributed by atoms with Crippen molar-refractivity contribution in [2.24, 2.45) is 11.8 Å². The molecule has 4 atom stereocenters. The number of aliphatic hydroxyl groups is 1. The van der Waals surface area contributed by atoms with E-state index in [1.54, 1.807) is 12.1 Å². The number of phenols is 1. The van der Waals surface area contributed by atoms with Gasteiger partial charge in [-0.15, -0.1) is 0 Å². The highest BCUT2D eigenvalue weighted by Crippen LogP contribution is 2.46. The predicted molar refractivity (Wildman–Crippen MR) is 187 cm³/mol. The van der Waals surface area contributed by atoms with Crippen molar-refractivity contribution in [3.8, 4) is 11.5 Å². The first-order valence-electron chi connectivity index (χ1n) is 17.5. The number of phenolic OH excluding ortho intramolecular Hbond substituents is 1. The zero-order chi connectivity index (χ0) is 33.0. The van der Waals surface area contributed by atoms with Crippen molar-refractivity contribution >= 4 is 16.8 Å². The number of nitrogens with zero attached hydrogens (tertiary/aromatic N) is 2. The Morgan fingerprint density at radius 3 is 2.58 bits per heavy atom. The van der Waals surface area contributed by atoms with Crippen LogP contribution in [0.3, 0.4) is 0 Å². The standard InChI is InChI=1S/C39H46N4O5/c44-34-14-12-30(31-13-15-36(46)41-37(31)34)35(45)23-40-18-5-2-6-21-48-29-11-7-10-28(22-29)39(47)43-25-33(26-8-3-1-4-9-26)38(43)32-24-42-19-16-27(32)17-20-42/h1,3-4,7-15,22,27,32-33,35,38,40,44-45H,2,5-6,16-21,23-25H2,(H,41,46). The number of unbranched alkanes of at least 4 members (excludes halogenated alkanes) is 2. The van der Waals surface area contributed by atoms with Crippen LogP contribution in [0.1, 0.15) is 65.6 Å². The molecule has 4 unspecified atom stereocenters. The molecule has 0 saturated carbocycles. The fourth-order valence-electron chi connectivity index (χ4n) is 8.17. The largest absolute Gasteiger partial charge is 0.506 e. The molecule has 0 spiro atoms. The Bertz CT molecular complexity index is 1770. The van der Waals surface area contributed by atoms with E-state index >= 15 is 0 Å². The molecule has 4 N–H and O–H groups in total. The molecule has 4 fully saturated rings. The monoisotopic (exact) mass is 650 g/mol. The van der Waals surface area contributed by atoms with E-state index in [0.29, 0.717) is 52.9 Å². The first-order chi connectivity index (χ1) is 23.5. The molecule has 4 aromatic rings. The highest BCUT2D eigenvalue weighted by molar-refractivity contribution is 5.95. The summed E-state index contributed by atoms with van der Waals surface area (Å²) in [4.78, 5) is 33.0. The molecule has 5 heterocycles. The van der Waals surface area contributed by atoms with Gasteiger partial charge in [0.2, 0.25) is 5.56 Å². The fourth-order valence-corrected chi connectivity index (χ4v) is 8.17. The van der Waals surface area contributed by atoms with Crippen LogP contribution in [0.15, 0.2) is 83.7 Å². The lowest BCUT2D eigenvalue weighted by Crippen LogP contribution is -2.65. The number of rotatable bonds is 13. The van der Waals surface area contributed by atoms with Crippen molar-refractivity contribution < 1.29 is 19.7 Å². The number of aromatic amines is 1. The number of aromatic nitrogens is 1. The van der Waals surface area contributed by atoms with E-state index in [-0.39, 0.29) is 23.3 Å². The van der Waals surface area contributed by atoms with Gasteiger partial charge >= 0.3 is 0 Å². The number of piperidine rings is 3. The molecule has 0 radical (unpaired) electrons. The number of fused-ring (bicyclic) bond motifs is 4. The number of ether oxygens (including phenoxy) is 1. The number of aliphatic hydroxyl groups excluding tert-OH is 1. The van der Waals surface area contributed by atoms with Crippen molar-refractivity contribution in [2.75, 3.05) is 45.9 Å². The second-order valence-electron chi connectivity index (χ2n) is 13.7. The van der Waals surface area contributed by atoms with Crippen molar-refractivity contribution in [3.63, 3.8) is 0 Å². The van der Waals surface area contributed by atoms with Crippen LogP contribution in [0.5, 0.6) is 11.5 Å². The lowest BCUT2D eigenvalue weighted by atomic mass is 9.66. The molecule has 4 aliphatic rings. The summed E-state index contributed by atoms with van der Waals surface area (Å²) in [6, 6.07) is 24.8. The van der Waals surface area contributed by atoms with Crippen molar-refractivity contribution in [3.05, 3.63) is 106 Å². The molecule has 4 saturated heterocycles. The Labute approximate surface area is 281 Å².